The smallest absolute Gasteiger partial charge is 0.387 e. The van der Waals surface area contributed by atoms with Crippen molar-refractivity contribution in [2.45, 2.75) is 19.6 Å². The maximum absolute atomic E-state index is 11.9. The van der Waals surface area contributed by atoms with Crippen LogP contribution in [0, 0.1) is 0 Å². The van der Waals surface area contributed by atoms with Crippen molar-refractivity contribution < 1.29 is 18.3 Å². The first kappa shape index (κ1) is 15.6. The molecule has 0 aliphatic rings. The van der Waals surface area contributed by atoms with Gasteiger partial charge in [0.05, 0.1) is 0 Å². The molecule has 0 heterocycles. The minimum atomic E-state index is -2.85. The van der Waals surface area contributed by atoms with Gasteiger partial charge in [0.25, 0.3) is 0 Å². The van der Waals surface area contributed by atoms with Crippen molar-refractivity contribution in [3.8, 4) is 5.75 Å². The maximum Gasteiger partial charge on any atom is 0.387 e. The van der Waals surface area contributed by atoms with Gasteiger partial charge in [-0.25, -0.2) is 4.79 Å². The standard InChI is InChI=1S/C12H16F2N2O2S/c1-8(7-19-2)15-12(17)16-9-3-5-10(6-4-9)18-11(13)14/h3-6,8,11H,7H2,1-2H3,(H2,15,16,17)/t8-/m1/s1. The van der Waals surface area contributed by atoms with Crippen molar-refractivity contribution in [1.82, 2.24) is 5.32 Å². The fourth-order valence-electron chi connectivity index (χ4n) is 1.40. The van der Waals surface area contributed by atoms with Crippen LogP contribution >= 0.6 is 11.8 Å². The minimum Gasteiger partial charge on any atom is -0.435 e. The number of rotatable bonds is 6. The first-order valence-corrected chi connectivity index (χ1v) is 7.02. The molecule has 1 aromatic carbocycles. The summed E-state index contributed by atoms with van der Waals surface area (Å²) < 4.78 is 28.1. The van der Waals surface area contributed by atoms with Gasteiger partial charge in [0.15, 0.2) is 0 Å². The first-order valence-electron chi connectivity index (χ1n) is 5.62. The van der Waals surface area contributed by atoms with Crippen LogP contribution in [0.25, 0.3) is 0 Å². The molecule has 0 aromatic heterocycles. The van der Waals surface area contributed by atoms with Gasteiger partial charge in [-0.1, -0.05) is 0 Å². The lowest BCUT2D eigenvalue weighted by Crippen LogP contribution is -2.37. The molecule has 4 nitrogen and oxygen atoms in total. The number of amides is 2. The summed E-state index contributed by atoms with van der Waals surface area (Å²) in [6, 6.07) is 5.45. The molecule has 1 atom stereocenters. The summed E-state index contributed by atoms with van der Waals surface area (Å²) in [5.74, 6) is 0.867. The highest BCUT2D eigenvalue weighted by molar-refractivity contribution is 7.98. The Balaban J connectivity index is 2.46. The van der Waals surface area contributed by atoms with E-state index in [1.54, 1.807) is 11.8 Å². The van der Waals surface area contributed by atoms with E-state index < -0.39 is 6.61 Å². The van der Waals surface area contributed by atoms with Gasteiger partial charge >= 0.3 is 12.6 Å². The molecule has 1 rings (SSSR count). The minimum absolute atomic E-state index is 0.0523. The zero-order valence-corrected chi connectivity index (χ0v) is 11.5. The molecule has 0 fully saturated rings. The Morgan fingerprint density at radius 3 is 2.53 bits per heavy atom. The summed E-state index contributed by atoms with van der Waals surface area (Å²) in [7, 11) is 0. The normalized spacial score (nSPS) is 12.1. The van der Waals surface area contributed by atoms with Gasteiger partial charge in [0.2, 0.25) is 0 Å². The molecule has 0 spiro atoms. The van der Waals surface area contributed by atoms with E-state index in [0.717, 1.165) is 5.75 Å². The van der Waals surface area contributed by atoms with Crippen molar-refractivity contribution in [2.75, 3.05) is 17.3 Å². The van der Waals surface area contributed by atoms with Crippen LogP contribution < -0.4 is 15.4 Å². The van der Waals surface area contributed by atoms with Crippen LogP contribution in [0.5, 0.6) is 5.75 Å². The summed E-state index contributed by atoms with van der Waals surface area (Å²) in [6.07, 6.45) is 1.96. The van der Waals surface area contributed by atoms with Crippen LogP contribution in [0.1, 0.15) is 6.92 Å². The number of nitrogens with one attached hydrogen (secondary N) is 2. The topological polar surface area (TPSA) is 50.4 Å². The number of halogens is 2. The van der Waals surface area contributed by atoms with Crippen molar-refractivity contribution in [2.24, 2.45) is 0 Å². The molecule has 2 N–H and O–H groups in total. The first-order chi connectivity index (χ1) is 9.01. The molecule has 0 saturated heterocycles. The lowest BCUT2D eigenvalue weighted by Gasteiger charge is -2.13. The lowest BCUT2D eigenvalue weighted by molar-refractivity contribution is -0.0498. The molecule has 1 aromatic rings. The molecule has 0 aliphatic carbocycles. The van der Waals surface area contributed by atoms with Crippen LogP contribution in [0.15, 0.2) is 24.3 Å². The van der Waals surface area contributed by atoms with Crippen molar-refractivity contribution in [3.05, 3.63) is 24.3 Å². The third kappa shape index (κ3) is 6.28. The van der Waals surface area contributed by atoms with Crippen molar-refractivity contribution >= 4 is 23.5 Å². The third-order valence-corrected chi connectivity index (χ3v) is 2.96. The average molecular weight is 290 g/mol. The largest absolute Gasteiger partial charge is 0.435 e. The van der Waals surface area contributed by atoms with E-state index in [-0.39, 0.29) is 17.8 Å². The van der Waals surface area contributed by atoms with E-state index in [0.29, 0.717) is 5.69 Å². The van der Waals surface area contributed by atoms with Gasteiger partial charge < -0.3 is 15.4 Å². The molecule has 19 heavy (non-hydrogen) atoms. The fourth-order valence-corrected chi connectivity index (χ4v) is 1.99. The monoisotopic (exact) mass is 290 g/mol. The molecule has 106 valence electrons. The lowest BCUT2D eigenvalue weighted by atomic mass is 10.3. The second-order valence-corrected chi connectivity index (χ2v) is 4.77. The van der Waals surface area contributed by atoms with Crippen molar-refractivity contribution in [3.63, 3.8) is 0 Å². The predicted octanol–water partition coefficient (Wildman–Crippen LogP) is 3.16. The molecular weight excluding hydrogens is 274 g/mol. The summed E-state index contributed by atoms with van der Waals surface area (Å²) in [4.78, 5) is 11.6. The number of hydrogen-bond acceptors (Lipinski definition) is 3. The molecule has 0 aliphatic heterocycles. The summed E-state index contributed by atoms with van der Waals surface area (Å²) in [5, 5.41) is 5.36. The summed E-state index contributed by atoms with van der Waals surface area (Å²) >= 11 is 1.64. The van der Waals surface area contributed by atoms with Gasteiger partial charge in [-0.05, 0) is 37.4 Å². The zero-order chi connectivity index (χ0) is 14.3. The van der Waals surface area contributed by atoms with Crippen LogP contribution in [0.2, 0.25) is 0 Å². The Morgan fingerprint density at radius 2 is 2.00 bits per heavy atom. The number of carbonyl (C=O) groups is 1. The van der Waals surface area contributed by atoms with E-state index in [9.17, 15) is 13.6 Å². The van der Waals surface area contributed by atoms with Crippen LogP contribution in [0.4, 0.5) is 19.3 Å². The number of thioether (sulfide) groups is 1. The second-order valence-electron chi connectivity index (χ2n) is 3.86. The molecule has 0 radical (unpaired) electrons. The number of ether oxygens (including phenoxy) is 1. The van der Waals surface area contributed by atoms with Crippen LogP contribution in [0.3, 0.4) is 0 Å². The second kappa shape index (κ2) is 7.83. The van der Waals surface area contributed by atoms with Gasteiger partial charge in [-0.3, -0.25) is 0 Å². The Morgan fingerprint density at radius 1 is 1.37 bits per heavy atom. The highest BCUT2D eigenvalue weighted by atomic mass is 32.2. The van der Waals surface area contributed by atoms with Gasteiger partial charge in [-0.2, -0.15) is 20.5 Å². The average Bonchev–Trinajstić information content (AvgIpc) is 2.31. The Hall–Kier alpha value is -1.50. The molecule has 0 unspecified atom stereocenters. The number of urea groups is 1. The quantitative estimate of drug-likeness (QED) is 0.846. The highest BCUT2D eigenvalue weighted by Gasteiger charge is 2.07. The number of alkyl halides is 2. The number of benzene rings is 1. The number of carbonyl (C=O) groups excluding carboxylic acids is 1. The maximum atomic E-state index is 11.9. The van der Waals surface area contributed by atoms with E-state index in [1.165, 1.54) is 24.3 Å². The molecular formula is C12H16F2N2O2S. The molecule has 2 amide bonds. The van der Waals surface area contributed by atoms with E-state index in [1.807, 2.05) is 13.2 Å². The van der Waals surface area contributed by atoms with Gasteiger partial charge in [-0.15, -0.1) is 0 Å². The summed E-state index contributed by atoms with van der Waals surface area (Å²) in [6.45, 7) is -0.954. The van der Waals surface area contributed by atoms with Gasteiger partial charge in [0.1, 0.15) is 5.75 Å². The van der Waals surface area contributed by atoms with Crippen LogP contribution in [-0.2, 0) is 0 Å². The Labute approximate surface area is 114 Å². The summed E-state index contributed by atoms with van der Waals surface area (Å²) in [5.41, 5.74) is 0.510. The SMILES string of the molecule is CSC[C@@H](C)NC(=O)Nc1ccc(OC(F)F)cc1. The highest BCUT2D eigenvalue weighted by Crippen LogP contribution is 2.17. The van der Waals surface area contributed by atoms with Crippen LogP contribution in [-0.4, -0.2) is 30.7 Å². The molecule has 7 heteroatoms. The van der Waals surface area contributed by atoms with E-state index in [2.05, 4.69) is 15.4 Å². The van der Waals surface area contributed by atoms with E-state index in [4.69, 9.17) is 0 Å². The number of hydrogen-bond donors (Lipinski definition) is 2. The third-order valence-electron chi connectivity index (χ3n) is 2.13. The Bertz CT molecular complexity index is 401. The van der Waals surface area contributed by atoms with Crippen molar-refractivity contribution in [1.29, 1.82) is 0 Å². The zero-order valence-electron chi connectivity index (χ0n) is 10.7. The molecule has 0 bridgehead atoms. The molecule has 0 saturated carbocycles. The Kier molecular flexibility index (Phi) is 6.41. The van der Waals surface area contributed by atoms with E-state index >= 15 is 0 Å². The number of anilines is 1. The van der Waals surface area contributed by atoms with Gasteiger partial charge in [0, 0.05) is 17.5 Å². The predicted molar refractivity (Wildman–Crippen MR) is 73.1 cm³/mol. The fraction of sp³-hybridized carbons (Fsp3) is 0.417.